The monoisotopic (exact) mass is 384 g/mol. The van der Waals surface area contributed by atoms with Gasteiger partial charge < -0.3 is 10.1 Å². The van der Waals surface area contributed by atoms with E-state index in [0.717, 1.165) is 24.3 Å². The van der Waals surface area contributed by atoms with E-state index in [1.54, 1.807) is 11.8 Å². The molecule has 1 N–H and O–H groups in total. The number of carbonyl (C=O) groups is 1. The van der Waals surface area contributed by atoms with Crippen molar-refractivity contribution in [2.24, 2.45) is 0 Å². The van der Waals surface area contributed by atoms with E-state index in [4.69, 9.17) is 4.74 Å². The second kappa shape index (κ2) is 7.91. The van der Waals surface area contributed by atoms with Crippen molar-refractivity contribution in [2.75, 3.05) is 12.9 Å². The van der Waals surface area contributed by atoms with E-state index in [-0.39, 0.29) is 5.91 Å². The number of thioether (sulfide) groups is 1. The van der Waals surface area contributed by atoms with Crippen molar-refractivity contribution >= 4 is 28.8 Å². The molecule has 9 heteroatoms. The Balaban J connectivity index is 1.52. The second-order valence-electron chi connectivity index (χ2n) is 6.39. The Kier molecular flexibility index (Phi) is 5.19. The number of amides is 1. The third-order valence-electron chi connectivity index (χ3n) is 4.56. The molecule has 8 nitrogen and oxygen atoms in total. The van der Waals surface area contributed by atoms with E-state index >= 15 is 0 Å². The molecular weight excluding hydrogens is 364 g/mol. The summed E-state index contributed by atoms with van der Waals surface area (Å²) in [6, 6.07) is 7.82. The average molecular weight is 384 g/mol. The molecule has 1 aromatic carbocycles. The predicted molar refractivity (Wildman–Crippen MR) is 102 cm³/mol. The summed E-state index contributed by atoms with van der Waals surface area (Å²) in [7, 11) is 1.62. The van der Waals surface area contributed by atoms with Crippen LogP contribution in [0.4, 0.5) is 0 Å². The maximum Gasteiger partial charge on any atom is 0.230 e. The lowest BCUT2D eigenvalue weighted by Crippen LogP contribution is -2.33. The van der Waals surface area contributed by atoms with Gasteiger partial charge in [-0.1, -0.05) is 35.9 Å². The molecule has 0 saturated heterocycles. The van der Waals surface area contributed by atoms with Gasteiger partial charge in [-0.2, -0.15) is 4.68 Å². The lowest BCUT2D eigenvalue weighted by molar-refractivity contribution is -0.119. The first kappa shape index (κ1) is 17.7. The molecule has 0 aliphatic heterocycles. The van der Waals surface area contributed by atoms with Gasteiger partial charge in [-0.3, -0.25) is 4.79 Å². The Hall–Kier alpha value is -2.68. The van der Waals surface area contributed by atoms with Crippen LogP contribution >= 0.6 is 11.8 Å². The van der Waals surface area contributed by atoms with Crippen molar-refractivity contribution in [1.82, 2.24) is 30.3 Å². The summed E-state index contributed by atoms with van der Waals surface area (Å²) in [6.07, 6.45) is 6.00. The van der Waals surface area contributed by atoms with Crippen molar-refractivity contribution in [2.45, 2.75) is 36.8 Å². The van der Waals surface area contributed by atoms with Crippen LogP contribution in [0, 0.1) is 0 Å². The van der Waals surface area contributed by atoms with Crippen LogP contribution in [0.5, 0.6) is 5.75 Å². The Bertz CT molecular complexity index is 954. The molecule has 140 valence electrons. The number of carbonyl (C=O) groups excluding carboxylic acids is 1. The number of fused-ring (bicyclic) bond motifs is 1. The van der Waals surface area contributed by atoms with E-state index in [2.05, 4.69) is 25.6 Å². The Labute approximate surface area is 160 Å². The molecule has 1 saturated carbocycles. The third-order valence-corrected chi connectivity index (χ3v) is 5.54. The van der Waals surface area contributed by atoms with Crippen molar-refractivity contribution < 1.29 is 9.53 Å². The molecule has 0 atom stereocenters. The van der Waals surface area contributed by atoms with Crippen LogP contribution in [0.15, 0.2) is 35.6 Å². The summed E-state index contributed by atoms with van der Waals surface area (Å²) >= 11 is 1.35. The number of ether oxygens (including phenoxy) is 1. The third kappa shape index (κ3) is 3.87. The summed E-state index contributed by atoms with van der Waals surface area (Å²) < 4.78 is 6.91. The minimum Gasteiger partial charge on any atom is -0.497 e. The molecule has 3 aromatic rings. The quantitative estimate of drug-likeness (QED) is 0.515. The maximum atomic E-state index is 12.2. The van der Waals surface area contributed by atoms with Crippen LogP contribution in [0.1, 0.15) is 25.7 Å². The first-order valence-electron chi connectivity index (χ1n) is 8.87. The predicted octanol–water partition coefficient (Wildman–Crippen LogP) is 2.37. The van der Waals surface area contributed by atoms with E-state index in [0.29, 0.717) is 28.0 Å². The van der Waals surface area contributed by atoms with Gasteiger partial charge in [-0.05, 0) is 25.0 Å². The molecule has 4 rings (SSSR count). The summed E-state index contributed by atoms with van der Waals surface area (Å²) in [5.74, 6) is 1.05. The van der Waals surface area contributed by atoms with Gasteiger partial charge in [0, 0.05) is 12.1 Å². The fraction of sp³-hybridized carbons (Fsp3) is 0.389. The Morgan fingerprint density at radius 2 is 2.19 bits per heavy atom. The maximum absolute atomic E-state index is 12.2. The Morgan fingerprint density at radius 1 is 1.33 bits per heavy atom. The molecule has 1 aliphatic carbocycles. The topological polar surface area (TPSA) is 94.8 Å². The molecule has 27 heavy (non-hydrogen) atoms. The van der Waals surface area contributed by atoms with Gasteiger partial charge in [0.2, 0.25) is 5.91 Å². The van der Waals surface area contributed by atoms with Crippen LogP contribution in [-0.2, 0) is 4.79 Å². The first-order valence-corrected chi connectivity index (χ1v) is 9.86. The summed E-state index contributed by atoms with van der Waals surface area (Å²) in [5.41, 5.74) is 1.97. The number of benzene rings is 1. The minimum absolute atomic E-state index is 0.0267. The lowest BCUT2D eigenvalue weighted by Gasteiger charge is -2.11. The highest BCUT2D eigenvalue weighted by atomic mass is 32.2. The highest BCUT2D eigenvalue weighted by Gasteiger charge is 2.18. The van der Waals surface area contributed by atoms with Crippen LogP contribution in [0.25, 0.3) is 16.9 Å². The number of hydrogen-bond donors (Lipinski definition) is 1. The summed E-state index contributed by atoms with van der Waals surface area (Å²) in [6.45, 7) is 0. The number of nitrogens with zero attached hydrogens (tertiary/aromatic N) is 5. The van der Waals surface area contributed by atoms with Gasteiger partial charge in [0.25, 0.3) is 0 Å². The largest absolute Gasteiger partial charge is 0.497 e. The molecule has 1 aliphatic rings. The molecule has 0 spiro atoms. The molecule has 1 amide bonds. The molecule has 0 bridgehead atoms. The smallest absolute Gasteiger partial charge is 0.230 e. The fourth-order valence-electron chi connectivity index (χ4n) is 3.22. The standard InChI is InChI=1S/C18H20N6O2S/c1-26-14-8-4-7-13(9-14)24-17-16(22-23-24)18(20-11-19-17)27-10-15(25)21-12-5-2-3-6-12/h4,7-9,11-12H,2-3,5-6,10H2,1H3,(H,21,25). The van der Waals surface area contributed by atoms with Crippen LogP contribution in [-0.4, -0.2) is 49.8 Å². The normalized spacial score (nSPS) is 14.6. The van der Waals surface area contributed by atoms with Crippen molar-refractivity contribution in [3.05, 3.63) is 30.6 Å². The van der Waals surface area contributed by atoms with Gasteiger partial charge >= 0.3 is 0 Å². The SMILES string of the molecule is COc1cccc(-n2nnc3c(SCC(=O)NC4CCCC4)ncnc32)c1. The highest BCUT2D eigenvalue weighted by Crippen LogP contribution is 2.25. The number of aromatic nitrogens is 5. The van der Waals surface area contributed by atoms with E-state index in [1.807, 2.05) is 24.3 Å². The Morgan fingerprint density at radius 3 is 3.00 bits per heavy atom. The average Bonchev–Trinajstić information content (AvgIpc) is 3.36. The van der Waals surface area contributed by atoms with Crippen molar-refractivity contribution in [3.8, 4) is 11.4 Å². The zero-order valence-corrected chi connectivity index (χ0v) is 15.8. The van der Waals surface area contributed by atoms with Crippen molar-refractivity contribution in [3.63, 3.8) is 0 Å². The molecule has 1 fully saturated rings. The van der Waals surface area contributed by atoms with Gasteiger partial charge in [-0.15, -0.1) is 5.10 Å². The zero-order chi connectivity index (χ0) is 18.6. The molecular formula is C18H20N6O2S. The molecule has 0 radical (unpaired) electrons. The second-order valence-corrected chi connectivity index (χ2v) is 7.36. The van der Waals surface area contributed by atoms with E-state index in [1.165, 1.54) is 30.9 Å². The van der Waals surface area contributed by atoms with E-state index < -0.39 is 0 Å². The van der Waals surface area contributed by atoms with Gasteiger partial charge in [-0.25, -0.2) is 9.97 Å². The van der Waals surface area contributed by atoms with Crippen molar-refractivity contribution in [1.29, 1.82) is 0 Å². The van der Waals surface area contributed by atoms with Gasteiger partial charge in [0.05, 0.1) is 18.6 Å². The van der Waals surface area contributed by atoms with Crippen LogP contribution in [0.3, 0.4) is 0 Å². The molecule has 2 heterocycles. The molecule has 0 unspecified atom stereocenters. The first-order chi connectivity index (χ1) is 13.2. The number of nitrogens with one attached hydrogen (secondary N) is 1. The molecule has 2 aromatic heterocycles. The zero-order valence-electron chi connectivity index (χ0n) is 15.0. The van der Waals surface area contributed by atoms with E-state index in [9.17, 15) is 4.79 Å². The fourth-order valence-corrected chi connectivity index (χ4v) is 3.97. The number of rotatable bonds is 6. The summed E-state index contributed by atoms with van der Waals surface area (Å²) in [4.78, 5) is 20.8. The van der Waals surface area contributed by atoms with Gasteiger partial charge in [0.15, 0.2) is 11.2 Å². The summed E-state index contributed by atoms with van der Waals surface area (Å²) in [5, 5.41) is 12.2. The number of hydrogen-bond acceptors (Lipinski definition) is 7. The lowest BCUT2D eigenvalue weighted by atomic mass is 10.2. The number of methoxy groups -OCH3 is 1. The van der Waals surface area contributed by atoms with Crippen LogP contribution < -0.4 is 10.1 Å². The minimum atomic E-state index is 0.0267. The van der Waals surface area contributed by atoms with Gasteiger partial charge in [0.1, 0.15) is 17.1 Å². The van der Waals surface area contributed by atoms with Crippen LogP contribution in [0.2, 0.25) is 0 Å². The highest BCUT2D eigenvalue weighted by molar-refractivity contribution is 8.00.